The molecule has 0 spiro atoms. The van der Waals surface area contributed by atoms with Crippen LogP contribution >= 0.6 is 11.8 Å². The number of aliphatic hydroxyl groups is 1. The standard InChI is InChI=1S/C44H56N6O15S/c1-21-39-25(50-14-15-62-42(61-3)41(50)65-39)17-30(63-21)64-27-19-44(59,18-24-32(27)38(56)34-33(36(24)54)35(53)23-5-4-6-26(60-2)31(23)37(34)55)43(58)48-47-28(51)9-16-66-20-29(52)46-10-13-49-11-7-22(8-12-49)40(45)57/h4-6,21-22,25,27,30,39,41-42,54,56,59H,7-20H2,1-3H3,(H2,45,57)(H,46,52)(H,47,51)(H,48,58)/t21-,25-,27-,30-,39+,41+,42-,44-/m0/s1. The molecule has 2 aliphatic carbocycles. The Kier molecular flexibility index (Phi) is 14.2. The lowest BCUT2D eigenvalue weighted by Crippen LogP contribution is -2.57. The molecule has 21 nitrogen and oxygen atoms in total. The van der Waals surface area contributed by atoms with Gasteiger partial charge in [-0.15, -0.1) is 0 Å². The number of piperidine rings is 1. The number of morpholine rings is 1. The first-order chi connectivity index (χ1) is 31.6. The fourth-order valence-electron chi connectivity index (χ4n) is 9.98. The van der Waals surface area contributed by atoms with E-state index in [9.17, 15) is 44.1 Å². The highest BCUT2D eigenvalue weighted by Crippen LogP contribution is 2.53. The fraction of sp³-hybridized carbons (Fsp3) is 0.591. The van der Waals surface area contributed by atoms with Crippen LogP contribution in [0.4, 0.5) is 0 Å². The molecule has 6 aliphatic rings. The Labute approximate surface area is 384 Å². The lowest BCUT2D eigenvalue weighted by atomic mass is 9.72. The maximum atomic E-state index is 14.2. The average molecular weight is 941 g/mol. The first-order valence-electron chi connectivity index (χ1n) is 22.0. The summed E-state index contributed by atoms with van der Waals surface area (Å²) in [5.41, 5.74) is 6.02. The van der Waals surface area contributed by atoms with E-state index in [4.69, 9.17) is 34.2 Å². The number of nitrogens with zero attached hydrogens (tertiary/aromatic N) is 2. The molecule has 2 aromatic carbocycles. The molecule has 2 aromatic rings. The van der Waals surface area contributed by atoms with Crippen LogP contribution in [0.15, 0.2) is 18.2 Å². The van der Waals surface area contributed by atoms with E-state index in [2.05, 4.69) is 26.0 Å². The minimum Gasteiger partial charge on any atom is -0.507 e. The van der Waals surface area contributed by atoms with Gasteiger partial charge < -0.3 is 59.7 Å². The molecule has 0 bridgehead atoms. The predicted octanol–water partition coefficient (Wildman–Crippen LogP) is -0.266. The number of benzene rings is 2. The number of nitrogens with two attached hydrogens (primary N) is 1. The molecule has 4 saturated heterocycles. The van der Waals surface area contributed by atoms with Gasteiger partial charge in [0.1, 0.15) is 23.4 Å². The molecule has 4 amide bonds. The number of thioether (sulfide) groups is 1. The van der Waals surface area contributed by atoms with Crippen LogP contribution in [0.5, 0.6) is 17.2 Å². The van der Waals surface area contributed by atoms with Crippen LogP contribution in [0.2, 0.25) is 0 Å². The third kappa shape index (κ3) is 9.22. The highest BCUT2D eigenvalue weighted by Gasteiger charge is 2.55. The molecule has 0 radical (unpaired) electrons. The van der Waals surface area contributed by atoms with Gasteiger partial charge in [0.05, 0.1) is 48.4 Å². The monoisotopic (exact) mass is 940 g/mol. The van der Waals surface area contributed by atoms with Crippen LogP contribution in [-0.2, 0) is 49.3 Å². The quantitative estimate of drug-likeness (QED) is 0.0622. The number of fused-ring (bicyclic) bond motifs is 6. The van der Waals surface area contributed by atoms with Gasteiger partial charge in [-0.05, 0) is 38.9 Å². The fourth-order valence-corrected chi connectivity index (χ4v) is 10.7. The van der Waals surface area contributed by atoms with Crippen LogP contribution in [0.25, 0.3) is 0 Å². The zero-order valence-electron chi connectivity index (χ0n) is 36.9. The third-order valence-electron chi connectivity index (χ3n) is 13.4. The summed E-state index contributed by atoms with van der Waals surface area (Å²) in [7, 11) is 2.85. The van der Waals surface area contributed by atoms with E-state index < -0.39 is 102 Å². The van der Waals surface area contributed by atoms with Gasteiger partial charge in [-0.2, -0.15) is 11.8 Å². The van der Waals surface area contributed by atoms with E-state index in [1.165, 1.54) is 44.2 Å². The summed E-state index contributed by atoms with van der Waals surface area (Å²) in [4.78, 5) is 83.1. The van der Waals surface area contributed by atoms with Crippen molar-refractivity contribution in [3.8, 4) is 17.2 Å². The second kappa shape index (κ2) is 19.7. The Balaban J connectivity index is 0.951. The van der Waals surface area contributed by atoms with Crippen LogP contribution in [0.1, 0.15) is 88.1 Å². The predicted molar refractivity (Wildman–Crippen MR) is 231 cm³/mol. The highest BCUT2D eigenvalue weighted by molar-refractivity contribution is 7.99. The Hall–Kier alpha value is -4.91. The second-order valence-corrected chi connectivity index (χ2v) is 18.5. The van der Waals surface area contributed by atoms with Crippen LogP contribution < -0.4 is 26.6 Å². The summed E-state index contributed by atoms with van der Waals surface area (Å²) in [5.74, 6) is -4.91. The van der Waals surface area contributed by atoms with Crippen molar-refractivity contribution in [1.82, 2.24) is 26.0 Å². The SMILES string of the molecule is COc1cccc2c1C(=O)c1c(O)c3c(c(O)c1C2=O)C[C@@](O)(C(=O)NNC(=O)CCSCC(=O)NCCN1CCC(C(N)=O)CC1)C[C@@H]3O[C@H]1C[C@H]2[C@H](O[C@@H]3[C@@H](OC)OCCN32)[C@H](C)O1. The van der Waals surface area contributed by atoms with Crippen LogP contribution in [-0.4, -0.2) is 168 Å². The van der Waals surface area contributed by atoms with Gasteiger partial charge in [0, 0.05) is 86.8 Å². The van der Waals surface area contributed by atoms with Gasteiger partial charge in [0.15, 0.2) is 30.2 Å². The topological polar surface area (TPSA) is 287 Å². The number of aromatic hydroxyl groups is 2. The van der Waals surface area contributed by atoms with Crippen molar-refractivity contribution >= 4 is 47.0 Å². The van der Waals surface area contributed by atoms with Crippen molar-refractivity contribution in [2.75, 3.05) is 65.1 Å². The summed E-state index contributed by atoms with van der Waals surface area (Å²) in [6, 6.07) is 4.14. The number of ether oxygens (including phenoxy) is 6. The van der Waals surface area contributed by atoms with Crippen molar-refractivity contribution in [3.05, 3.63) is 51.6 Å². The summed E-state index contributed by atoms with van der Waals surface area (Å²) < 4.78 is 35.8. The van der Waals surface area contributed by atoms with Crippen molar-refractivity contribution in [1.29, 1.82) is 0 Å². The molecule has 0 saturated carbocycles. The van der Waals surface area contributed by atoms with E-state index in [0.717, 1.165) is 13.1 Å². The van der Waals surface area contributed by atoms with Gasteiger partial charge in [-0.25, -0.2) is 0 Å². The van der Waals surface area contributed by atoms with Crippen LogP contribution in [0.3, 0.4) is 0 Å². The number of hydrazine groups is 1. The summed E-state index contributed by atoms with van der Waals surface area (Å²) in [5, 5.41) is 39.0. The number of hydrogen-bond acceptors (Lipinski definition) is 18. The number of carbonyl (C=O) groups is 6. The summed E-state index contributed by atoms with van der Waals surface area (Å²) in [6.07, 6.45) is -4.23. The number of hydrogen-bond donors (Lipinski definition) is 7. The van der Waals surface area contributed by atoms with Gasteiger partial charge >= 0.3 is 0 Å². The van der Waals surface area contributed by atoms with E-state index in [0.29, 0.717) is 39.1 Å². The van der Waals surface area contributed by atoms with Gasteiger partial charge in [-0.3, -0.25) is 44.5 Å². The lowest BCUT2D eigenvalue weighted by molar-refractivity contribution is -0.256. The first kappa shape index (κ1) is 47.6. The third-order valence-corrected chi connectivity index (χ3v) is 14.3. The number of nitrogens with one attached hydrogen (secondary N) is 3. The van der Waals surface area contributed by atoms with Gasteiger partial charge in [0.25, 0.3) is 5.91 Å². The second-order valence-electron chi connectivity index (χ2n) is 17.4. The van der Waals surface area contributed by atoms with Crippen molar-refractivity contribution in [2.45, 2.75) is 94.2 Å². The zero-order chi connectivity index (χ0) is 47.0. The number of phenolic OH excluding ortho intramolecular Hbond substituents is 2. The molecule has 8 rings (SSSR count). The number of methoxy groups -OCH3 is 2. The number of phenols is 2. The molecule has 358 valence electrons. The van der Waals surface area contributed by atoms with Gasteiger partial charge in [0.2, 0.25) is 23.5 Å². The maximum Gasteiger partial charge on any atom is 0.270 e. The smallest absolute Gasteiger partial charge is 0.270 e. The molecule has 66 heavy (non-hydrogen) atoms. The van der Waals surface area contributed by atoms with Crippen LogP contribution in [0, 0.1) is 5.92 Å². The molecule has 4 heterocycles. The molecule has 0 aromatic heterocycles. The molecule has 8 atom stereocenters. The maximum absolute atomic E-state index is 14.2. The molecule has 4 aliphatic heterocycles. The number of rotatable bonds is 14. The van der Waals surface area contributed by atoms with E-state index in [1.54, 1.807) is 6.92 Å². The minimum atomic E-state index is -2.42. The largest absolute Gasteiger partial charge is 0.507 e. The number of ketones is 2. The minimum absolute atomic E-state index is 0.0790. The Morgan fingerprint density at radius 1 is 0.985 bits per heavy atom. The Bertz CT molecular complexity index is 2260. The number of primary amides is 1. The molecular formula is C44H56N6O15S. The lowest BCUT2D eigenvalue weighted by Gasteiger charge is -2.43. The van der Waals surface area contributed by atoms with Crippen molar-refractivity contribution in [3.63, 3.8) is 0 Å². The normalized spacial score (nSPS) is 28.6. The van der Waals surface area contributed by atoms with Crippen molar-refractivity contribution in [2.24, 2.45) is 11.7 Å². The first-order valence-corrected chi connectivity index (χ1v) is 23.2. The number of carbonyl (C=O) groups excluding carboxylic acids is 6. The molecule has 0 unspecified atom stereocenters. The van der Waals surface area contributed by atoms with E-state index in [-0.39, 0.29) is 76.1 Å². The summed E-state index contributed by atoms with van der Waals surface area (Å²) in [6.45, 7) is 5.23. The molecular weight excluding hydrogens is 885 g/mol. The molecule has 4 fully saturated rings. The number of likely N-dealkylation sites (tertiary alicyclic amines) is 1. The average Bonchev–Trinajstić information content (AvgIpc) is 3.69. The van der Waals surface area contributed by atoms with E-state index in [1.807, 2.05) is 0 Å². The molecule has 8 N–H and O–H groups in total. The highest BCUT2D eigenvalue weighted by atomic mass is 32.2. The van der Waals surface area contributed by atoms with Crippen molar-refractivity contribution < 1.29 is 72.5 Å². The van der Waals surface area contributed by atoms with Gasteiger partial charge in [-0.1, -0.05) is 12.1 Å². The molecule has 22 heteroatoms. The Morgan fingerprint density at radius 2 is 1.74 bits per heavy atom. The zero-order valence-corrected chi connectivity index (χ0v) is 37.7. The Morgan fingerprint density at radius 3 is 2.47 bits per heavy atom. The number of amides is 4. The summed E-state index contributed by atoms with van der Waals surface area (Å²) >= 11 is 1.21. The van der Waals surface area contributed by atoms with E-state index >= 15 is 0 Å².